The maximum atomic E-state index is 12.9. The highest BCUT2D eigenvalue weighted by atomic mass is 19.4. The van der Waals surface area contributed by atoms with Gasteiger partial charge in [0.15, 0.2) is 0 Å². The molecule has 0 radical (unpaired) electrons. The van der Waals surface area contributed by atoms with Crippen LogP contribution in [-0.2, 0) is 11.0 Å². The standard InChI is InChI=1S/C13H13F3N2O2/c1-8(2)20-11-4-3-9(18-12(19)5-6-17)7-10(11)13(14,15)16/h3-4,7-8H,5H2,1-2H3,(H,18,19). The van der Waals surface area contributed by atoms with Crippen molar-refractivity contribution in [3.05, 3.63) is 23.8 Å². The summed E-state index contributed by atoms with van der Waals surface area (Å²) in [4.78, 5) is 11.2. The highest BCUT2D eigenvalue weighted by Gasteiger charge is 2.35. The van der Waals surface area contributed by atoms with Crippen LogP contribution in [-0.4, -0.2) is 12.0 Å². The van der Waals surface area contributed by atoms with Crippen LogP contribution < -0.4 is 10.1 Å². The maximum absolute atomic E-state index is 12.9. The van der Waals surface area contributed by atoms with E-state index in [2.05, 4.69) is 5.32 Å². The summed E-state index contributed by atoms with van der Waals surface area (Å²) in [6.45, 7) is 3.23. The highest BCUT2D eigenvalue weighted by molar-refractivity contribution is 5.92. The molecule has 1 aromatic rings. The number of hydrogen-bond donors (Lipinski definition) is 1. The zero-order valence-corrected chi connectivity index (χ0v) is 10.9. The number of rotatable bonds is 4. The molecule has 1 N–H and O–H groups in total. The van der Waals surface area contributed by atoms with Crippen LogP contribution in [0.4, 0.5) is 18.9 Å². The van der Waals surface area contributed by atoms with Crippen LogP contribution in [0.1, 0.15) is 25.8 Å². The Hall–Kier alpha value is -2.23. The third-order valence-electron chi connectivity index (χ3n) is 2.17. The van der Waals surface area contributed by atoms with E-state index >= 15 is 0 Å². The third kappa shape index (κ3) is 4.46. The summed E-state index contributed by atoms with van der Waals surface area (Å²) in [6.07, 6.45) is -5.43. The van der Waals surface area contributed by atoms with Gasteiger partial charge in [0.25, 0.3) is 0 Å². The molecular formula is C13H13F3N2O2. The average Bonchev–Trinajstić information content (AvgIpc) is 2.29. The molecule has 0 fully saturated rings. The summed E-state index contributed by atoms with van der Waals surface area (Å²) >= 11 is 0. The van der Waals surface area contributed by atoms with Crippen LogP contribution in [0.15, 0.2) is 18.2 Å². The molecule has 0 spiro atoms. The van der Waals surface area contributed by atoms with Gasteiger partial charge in [-0.15, -0.1) is 0 Å². The first kappa shape index (κ1) is 15.8. The molecule has 0 atom stereocenters. The van der Waals surface area contributed by atoms with Crippen molar-refractivity contribution in [2.75, 3.05) is 5.32 Å². The SMILES string of the molecule is CC(C)Oc1ccc(NC(=O)CC#N)cc1C(F)(F)F. The summed E-state index contributed by atoms with van der Waals surface area (Å²) < 4.78 is 43.9. The molecule has 4 nitrogen and oxygen atoms in total. The molecule has 0 aliphatic rings. The van der Waals surface area contributed by atoms with Crippen LogP contribution in [0, 0.1) is 11.3 Å². The molecule has 108 valence electrons. The molecule has 0 heterocycles. The molecule has 1 aromatic carbocycles. The maximum Gasteiger partial charge on any atom is 0.420 e. The van der Waals surface area contributed by atoms with Crippen molar-refractivity contribution in [2.24, 2.45) is 0 Å². The van der Waals surface area contributed by atoms with E-state index in [0.717, 1.165) is 12.1 Å². The van der Waals surface area contributed by atoms with Gasteiger partial charge >= 0.3 is 6.18 Å². The van der Waals surface area contributed by atoms with Gasteiger partial charge in [-0.2, -0.15) is 18.4 Å². The lowest BCUT2D eigenvalue weighted by Crippen LogP contribution is -2.15. The van der Waals surface area contributed by atoms with E-state index in [1.807, 2.05) is 0 Å². The number of ether oxygens (including phenoxy) is 1. The minimum absolute atomic E-state index is 0.0336. The van der Waals surface area contributed by atoms with Gasteiger partial charge in [-0.05, 0) is 32.0 Å². The number of nitrogens with one attached hydrogen (secondary N) is 1. The predicted molar refractivity (Wildman–Crippen MR) is 66.1 cm³/mol. The minimum Gasteiger partial charge on any atom is -0.490 e. The van der Waals surface area contributed by atoms with Gasteiger partial charge in [0.2, 0.25) is 5.91 Å². The average molecular weight is 286 g/mol. The number of carbonyl (C=O) groups excluding carboxylic acids is 1. The molecule has 0 unspecified atom stereocenters. The molecular weight excluding hydrogens is 273 g/mol. The largest absolute Gasteiger partial charge is 0.490 e. The van der Waals surface area contributed by atoms with Crippen LogP contribution in [0.5, 0.6) is 5.75 Å². The number of carbonyl (C=O) groups is 1. The number of benzene rings is 1. The first-order valence-corrected chi connectivity index (χ1v) is 5.78. The van der Waals surface area contributed by atoms with Crippen molar-refractivity contribution in [2.45, 2.75) is 32.5 Å². The minimum atomic E-state index is -4.60. The van der Waals surface area contributed by atoms with E-state index in [1.54, 1.807) is 19.9 Å². The molecule has 0 bridgehead atoms. The summed E-state index contributed by atoms with van der Waals surface area (Å²) in [7, 11) is 0. The second-order valence-electron chi connectivity index (χ2n) is 4.26. The molecule has 7 heteroatoms. The summed E-state index contributed by atoms with van der Waals surface area (Å²) in [6, 6.07) is 4.83. The fourth-order valence-electron chi connectivity index (χ4n) is 1.46. The van der Waals surface area contributed by atoms with Gasteiger partial charge in [-0.1, -0.05) is 0 Å². The Bertz CT molecular complexity index is 533. The smallest absolute Gasteiger partial charge is 0.420 e. The number of hydrogen-bond acceptors (Lipinski definition) is 3. The van der Waals surface area contributed by atoms with Crippen molar-refractivity contribution in [3.63, 3.8) is 0 Å². The second kappa shape index (κ2) is 6.28. The molecule has 20 heavy (non-hydrogen) atoms. The first-order chi connectivity index (χ1) is 9.24. The van der Waals surface area contributed by atoms with E-state index < -0.39 is 30.2 Å². The molecule has 0 aliphatic carbocycles. The Labute approximate surface area is 114 Å². The quantitative estimate of drug-likeness (QED) is 0.923. The van der Waals surface area contributed by atoms with E-state index in [4.69, 9.17) is 10.00 Å². The lowest BCUT2D eigenvalue weighted by molar-refractivity contribution is -0.139. The van der Waals surface area contributed by atoms with Crippen LogP contribution in [0.25, 0.3) is 0 Å². The van der Waals surface area contributed by atoms with Gasteiger partial charge in [0.05, 0.1) is 17.7 Å². The zero-order valence-electron chi connectivity index (χ0n) is 10.9. The number of nitrogens with zero attached hydrogens (tertiary/aromatic N) is 1. The fourth-order valence-corrected chi connectivity index (χ4v) is 1.46. The fraction of sp³-hybridized carbons (Fsp3) is 0.385. The van der Waals surface area contributed by atoms with Gasteiger partial charge < -0.3 is 10.1 Å². The van der Waals surface area contributed by atoms with Gasteiger partial charge in [-0.25, -0.2) is 0 Å². The third-order valence-corrected chi connectivity index (χ3v) is 2.17. The number of halogens is 3. The Morgan fingerprint density at radius 3 is 2.60 bits per heavy atom. The summed E-state index contributed by atoms with van der Waals surface area (Å²) in [5.74, 6) is -0.969. The van der Waals surface area contributed by atoms with Crippen molar-refractivity contribution in [1.82, 2.24) is 0 Å². The van der Waals surface area contributed by atoms with E-state index in [1.165, 1.54) is 6.07 Å². The monoisotopic (exact) mass is 286 g/mol. The van der Waals surface area contributed by atoms with Crippen LogP contribution >= 0.6 is 0 Å². The Balaban J connectivity index is 3.08. The van der Waals surface area contributed by atoms with Crippen molar-refractivity contribution < 1.29 is 22.7 Å². The van der Waals surface area contributed by atoms with E-state index in [-0.39, 0.29) is 11.4 Å². The molecule has 0 aliphatic heterocycles. The summed E-state index contributed by atoms with van der Waals surface area (Å²) in [5.41, 5.74) is -1.00. The van der Waals surface area contributed by atoms with Gasteiger partial charge in [-0.3, -0.25) is 4.79 Å². The second-order valence-corrected chi connectivity index (χ2v) is 4.26. The number of nitriles is 1. The molecule has 1 amide bonds. The van der Waals surface area contributed by atoms with E-state index in [9.17, 15) is 18.0 Å². The van der Waals surface area contributed by atoms with Crippen LogP contribution in [0.3, 0.4) is 0 Å². The lowest BCUT2D eigenvalue weighted by Gasteiger charge is -2.17. The highest BCUT2D eigenvalue weighted by Crippen LogP contribution is 2.38. The number of amides is 1. The predicted octanol–water partition coefficient (Wildman–Crippen LogP) is 3.34. The Morgan fingerprint density at radius 2 is 2.10 bits per heavy atom. The van der Waals surface area contributed by atoms with Crippen molar-refractivity contribution >= 4 is 11.6 Å². The number of alkyl halides is 3. The first-order valence-electron chi connectivity index (χ1n) is 5.78. The Morgan fingerprint density at radius 1 is 1.45 bits per heavy atom. The van der Waals surface area contributed by atoms with Crippen molar-refractivity contribution in [1.29, 1.82) is 5.26 Å². The zero-order chi connectivity index (χ0) is 15.3. The lowest BCUT2D eigenvalue weighted by atomic mass is 10.1. The molecule has 0 saturated heterocycles. The normalized spacial score (nSPS) is 11.1. The Kier molecular flexibility index (Phi) is 4.97. The number of anilines is 1. The topological polar surface area (TPSA) is 62.1 Å². The van der Waals surface area contributed by atoms with Crippen LogP contribution in [0.2, 0.25) is 0 Å². The van der Waals surface area contributed by atoms with Gasteiger partial charge in [0.1, 0.15) is 12.2 Å². The summed E-state index contributed by atoms with van der Waals surface area (Å²) in [5, 5.41) is 10.5. The van der Waals surface area contributed by atoms with Crippen molar-refractivity contribution in [3.8, 4) is 11.8 Å². The van der Waals surface area contributed by atoms with Gasteiger partial charge in [0, 0.05) is 5.69 Å². The molecule has 1 rings (SSSR count). The molecule has 0 aromatic heterocycles. The van der Waals surface area contributed by atoms with E-state index in [0.29, 0.717) is 0 Å². The molecule has 0 saturated carbocycles.